The average molecular weight is 330 g/mol. The Morgan fingerprint density at radius 2 is 1.79 bits per heavy atom. The van der Waals surface area contributed by atoms with Gasteiger partial charge in [0.15, 0.2) is 5.96 Å². The van der Waals surface area contributed by atoms with E-state index in [2.05, 4.69) is 27.9 Å². The van der Waals surface area contributed by atoms with Gasteiger partial charge in [0, 0.05) is 31.7 Å². The summed E-state index contributed by atoms with van der Waals surface area (Å²) in [5.74, 6) is 1.67. The zero-order valence-corrected chi connectivity index (χ0v) is 15.1. The number of carbonyl (C=O) groups is 1. The Morgan fingerprint density at radius 3 is 2.38 bits per heavy atom. The number of rotatable bonds is 5. The van der Waals surface area contributed by atoms with Crippen molar-refractivity contribution in [2.24, 2.45) is 10.9 Å². The van der Waals surface area contributed by atoms with Gasteiger partial charge in [-0.1, -0.05) is 19.1 Å². The minimum atomic E-state index is -0.0268. The van der Waals surface area contributed by atoms with Crippen LogP contribution >= 0.6 is 0 Å². The lowest BCUT2D eigenvalue weighted by molar-refractivity contribution is 0.0956. The summed E-state index contributed by atoms with van der Waals surface area (Å²) in [6, 6.07) is 8.20. The maximum Gasteiger partial charge on any atom is 0.251 e. The minimum Gasteiger partial charge on any atom is -0.354 e. The van der Waals surface area contributed by atoms with Crippen LogP contribution in [0.15, 0.2) is 29.3 Å². The van der Waals surface area contributed by atoms with Gasteiger partial charge in [0.05, 0.1) is 0 Å². The molecule has 2 rings (SSSR count). The van der Waals surface area contributed by atoms with E-state index >= 15 is 0 Å². The molecule has 0 atom stereocenters. The molecular weight excluding hydrogens is 300 g/mol. The fraction of sp³-hybridized carbons (Fsp3) is 0.579. The molecule has 1 aliphatic rings. The summed E-state index contributed by atoms with van der Waals surface area (Å²) in [4.78, 5) is 16.1. The Kier molecular flexibility index (Phi) is 7.09. The molecule has 1 aromatic carbocycles. The lowest BCUT2D eigenvalue weighted by Gasteiger charge is -2.28. The largest absolute Gasteiger partial charge is 0.354 e. The highest BCUT2D eigenvalue weighted by Gasteiger charge is 2.18. The van der Waals surface area contributed by atoms with Crippen LogP contribution in [0.5, 0.6) is 0 Å². The number of guanidine groups is 1. The summed E-state index contributed by atoms with van der Waals surface area (Å²) in [6.45, 7) is 5.58. The number of nitrogens with zero attached hydrogens (tertiary/aromatic N) is 1. The van der Waals surface area contributed by atoms with Crippen molar-refractivity contribution >= 4 is 11.9 Å². The fourth-order valence-corrected chi connectivity index (χ4v) is 3.01. The molecule has 0 aliphatic heterocycles. The summed E-state index contributed by atoms with van der Waals surface area (Å²) in [5, 5.41) is 9.68. The molecule has 24 heavy (non-hydrogen) atoms. The van der Waals surface area contributed by atoms with Gasteiger partial charge in [0.1, 0.15) is 0 Å². The molecule has 0 heterocycles. The Morgan fingerprint density at radius 1 is 1.12 bits per heavy atom. The van der Waals surface area contributed by atoms with Crippen LogP contribution in [-0.2, 0) is 6.54 Å². The number of carbonyl (C=O) groups excluding carboxylic acids is 1. The van der Waals surface area contributed by atoms with E-state index in [1.54, 1.807) is 7.05 Å². The molecule has 0 bridgehead atoms. The second-order valence-electron chi connectivity index (χ2n) is 6.58. The number of hydrogen-bond donors (Lipinski definition) is 3. The Balaban J connectivity index is 1.81. The molecule has 1 fully saturated rings. The topological polar surface area (TPSA) is 65.5 Å². The van der Waals surface area contributed by atoms with Gasteiger partial charge in [-0.3, -0.25) is 9.79 Å². The summed E-state index contributed by atoms with van der Waals surface area (Å²) in [5.41, 5.74) is 1.82. The van der Waals surface area contributed by atoms with Gasteiger partial charge in [0.25, 0.3) is 5.91 Å². The highest BCUT2D eigenvalue weighted by molar-refractivity contribution is 5.94. The van der Waals surface area contributed by atoms with Crippen molar-refractivity contribution in [2.75, 3.05) is 13.6 Å². The van der Waals surface area contributed by atoms with Crippen LogP contribution in [0, 0.1) is 5.92 Å². The third-order valence-corrected chi connectivity index (χ3v) is 4.59. The molecular formula is C19H30N4O. The summed E-state index contributed by atoms with van der Waals surface area (Å²) in [7, 11) is 1.80. The maximum atomic E-state index is 11.8. The molecule has 5 nitrogen and oxygen atoms in total. The molecule has 1 amide bonds. The first kappa shape index (κ1) is 18.3. The molecule has 1 saturated carbocycles. The summed E-state index contributed by atoms with van der Waals surface area (Å²) < 4.78 is 0. The van der Waals surface area contributed by atoms with E-state index in [9.17, 15) is 4.79 Å². The number of aliphatic imine (C=N–C) groups is 1. The second kappa shape index (κ2) is 9.30. The molecule has 0 unspecified atom stereocenters. The van der Waals surface area contributed by atoms with Crippen LogP contribution in [0.2, 0.25) is 0 Å². The maximum absolute atomic E-state index is 11.8. The molecule has 5 heteroatoms. The van der Waals surface area contributed by atoms with E-state index in [1.807, 2.05) is 31.2 Å². The number of hydrogen-bond acceptors (Lipinski definition) is 2. The van der Waals surface area contributed by atoms with Crippen molar-refractivity contribution < 1.29 is 4.79 Å². The Hall–Kier alpha value is -2.04. The van der Waals surface area contributed by atoms with Crippen LogP contribution in [0.25, 0.3) is 0 Å². The van der Waals surface area contributed by atoms with Crippen molar-refractivity contribution in [3.63, 3.8) is 0 Å². The fourth-order valence-electron chi connectivity index (χ4n) is 3.01. The normalized spacial score (nSPS) is 21.2. The van der Waals surface area contributed by atoms with E-state index in [-0.39, 0.29) is 5.91 Å². The third-order valence-electron chi connectivity index (χ3n) is 4.59. The monoisotopic (exact) mass is 330 g/mol. The highest BCUT2D eigenvalue weighted by atomic mass is 16.1. The number of amides is 1. The predicted octanol–water partition coefficient (Wildman–Crippen LogP) is 2.68. The lowest BCUT2D eigenvalue weighted by Crippen LogP contribution is -2.44. The molecule has 0 spiro atoms. The van der Waals surface area contributed by atoms with Gasteiger partial charge < -0.3 is 16.0 Å². The molecule has 132 valence electrons. The van der Waals surface area contributed by atoms with E-state index < -0.39 is 0 Å². The van der Waals surface area contributed by atoms with Gasteiger partial charge >= 0.3 is 0 Å². The van der Waals surface area contributed by atoms with Crippen LogP contribution < -0.4 is 16.0 Å². The number of nitrogens with one attached hydrogen (secondary N) is 3. The first-order valence-corrected chi connectivity index (χ1v) is 8.96. The van der Waals surface area contributed by atoms with Gasteiger partial charge in [0.2, 0.25) is 0 Å². The first-order valence-electron chi connectivity index (χ1n) is 8.96. The zero-order chi connectivity index (χ0) is 17.4. The van der Waals surface area contributed by atoms with E-state index in [1.165, 1.54) is 25.7 Å². The van der Waals surface area contributed by atoms with Gasteiger partial charge in [-0.25, -0.2) is 0 Å². The molecule has 3 N–H and O–H groups in total. The van der Waals surface area contributed by atoms with Gasteiger partial charge in [-0.15, -0.1) is 0 Å². The first-order chi connectivity index (χ1) is 11.6. The molecule has 0 aromatic heterocycles. The van der Waals surface area contributed by atoms with E-state index in [4.69, 9.17) is 0 Å². The predicted molar refractivity (Wildman–Crippen MR) is 99.2 cm³/mol. The summed E-state index contributed by atoms with van der Waals surface area (Å²) >= 11 is 0. The summed E-state index contributed by atoms with van der Waals surface area (Å²) in [6.07, 6.45) is 5.00. The van der Waals surface area contributed by atoms with Gasteiger partial charge in [-0.05, 0) is 56.2 Å². The van der Waals surface area contributed by atoms with Crippen molar-refractivity contribution in [3.05, 3.63) is 35.4 Å². The smallest absolute Gasteiger partial charge is 0.251 e. The van der Waals surface area contributed by atoms with Crippen molar-refractivity contribution in [2.45, 2.75) is 52.1 Å². The van der Waals surface area contributed by atoms with E-state index in [0.717, 1.165) is 17.4 Å². The third kappa shape index (κ3) is 5.55. The second-order valence-corrected chi connectivity index (χ2v) is 6.58. The lowest BCUT2D eigenvalue weighted by atomic mass is 9.87. The van der Waals surface area contributed by atoms with Gasteiger partial charge in [-0.2, -0.15) is 0 Å². The minimum absolute atomic E-state index is 0.0268. The van der Waals surface area contributed by atoms with E-state index in [0.29, 0.717) is 24.7 Å². The van der Waals surface area contributed by atoms with Crippen LogP contribution in [0.3, 0.4) is 0 Å². The van der Waals surface area contributed by atoms with Crippen molar-refractivity contribution in [3.8, 4) is 0 Å². The Bertz CT molecular complexity index is 545. The quantitative estimate of drug-likeness (QED) is 0.574. The number of benzene rings is 1. The molecule has 1 aliphatic carbocycles. The van der Waals surface area contributed by atoms with Crippen LogP contribution in [0.1, 0.15) is 55.5 Å². The van der Waals surface area contributed by atoms with Crippen LogP contribution in [0.4, 0.5) is 0 Å². The highest BCUT2D eigenvalue weighted by Crippen LogP contribution is 2.23. The average Bonchev–Trinajstić information content (AvgIpc) is 2.61. The SMILES string of the molecule is CCNC(=O)c1ccc(CNC(=NC)NC2CCC(C)CC2)cc1. The van der Waals surface area contributed by atoms with Crippen molar-refractivity contribution in [1.82, 2.24) is 16.0 Å². The Labute approximate surface area is 145 Å². The van der Waals surface area contributed by atoms with Crippen LogP contribution in [-0.4, -0.2) is 31.5 Å². The molecule has 0 radical (unpaired) electrons. The molecule has 1 aromatic rings. The molecule has 0 saturated heterocycles. The zero-order valence-electron chi connectivity index (χ0n) is 15.1. The standard InChI is InChI=1S/C19H30N4O/c1-4-21-18(24)16-9-7-15(8-10-16)13-22-19(20-3)23-17-11-5-14(2)6-12-17/h7-10,14,17H,4-6,11-13H2,1-3H3,(H,21,24)(H2,20,22,23). The van der Waals surface area contributed by atoms with Crippen molar-refractivity contribution in [1.29, 1.82) is 0 Å².